The molecule has 0 bridgehead atoms. The molecule has 3 aromatic rings. The van der Waals surface area contributed by atoms with Crippen LogP contribution >= 0.6 is 0 Å². The van der Waals surface area contributed by atoms with E-state index < -0.39 is 0 Å². The first kappa shape index (κ1) is 19.2. The monoisotopic (exact) mass is 390 g/mol. The lowest BCUT2D eigenvalue weighted by Crippen LogP contribution is -2.34. The Hall–Kier alpha value is -3.12. The standard InChI is InChI=1S/C23H26N4O2/c1-18(28)25-23-10-13-24-27(23)20-11-14-26(15-12-20)17-19-6-5-9-22(16-19)29-21-7-3-2-4-8-21/h2-10,13,16,20H,11-12,14-15,17H2,1H3,(H,25,28). The van der Waals surface area contributed by atoms with Crippen molar-refractivity contribution in [2.45, 2.75) is 32.4 Å². The van der Waals surface area contributed by atoms with Gasteiger partial charge in [0, 0.05) is 32.6 Å². The molecule has 6 heteroatoms. The summed E-state index contributed by atoms with van der Waals surface area (Å²) in [6, 6.07) is 20.3. The molecule has 0 saturated carbocycles. The number of likely N-dealkylation sites (tertiary alicyclic amines) is 1. The molecule has 1 saturated heterocycles. The molecule has 0 radical (unpaired) electrons. The van der Waals surface area contributed by atoms with Crippen molar-refractivity contribution >= 4 is 11.7 Å². The van der Waals surface area contributed by atoms with E-state index in [2.05, 4.69) is 27.4 Å². The smallest absolute Gasteiger partial charge is 0.222 e. The zero-order valence-electron chi connectivity index (χ0n) is 16.6. The number of benzene rings is 2. The van der Waals surface area contributed by atoms with E-state index in [1.165, 1.54) is 12.5 Å². The summed E-state index contributed by atoms with van der Waals surface area (Å²) in [5.74, 6) is 2.42. The first-order valence-corrected chi connectivity index (χ1v) is 10.0. The van der Waals surface area contributed by atoms with Gasteiger partial charge in [-0.25, -0.2) is 4.68 Å². The van der Waals surface area contributed by atoms with E-state index in [0.717, 1.165) is 49.8 Å². The maximum absolute atomic E-state index is 11.4. The fourth-order valence-corrected chi connectivity index (χ4v) is 3.80. The molecule has 1 fully saturated rings. The van der Waals surface area contributed by atoms with Gasteiger partial charge in [0.25, 0.3) is 0 Å². The Balaban J connectivity index is 1.34. The number of piperidine rings is 1. The lowest BCUT2D eigenvalue weighted by molar-refractivity contribution is -0.114. The number of nitrogens with one attached hydrogen (secondary N) is 1. The Labute approximate surface area is 171 Å². The summed E-state index contributed by atoms with van der Waals surface area (Å²) < 4.78 is 7.91. The van der Waals surface area contributed by atoms with Gasteiger partial charge in [0.15, 0.2) is 0 Å². The summed E-state index contributed by atoms with van der Waals surface area (Å²) in [7, 11) is 0. The zero-order chi connectivity index (χ0) is 20.1. The molecule has 1 aromatic heterocycles. The molecule has 1 aliphatic heterocycles. The normalized spacial score (nSPS) is 15.2. The average molecular weight is 390 g/mol. The van der Waals surface area contributed by atoms with Crippen LogP contribution in [0.2, 0.25) is 0 Å². The highest BCUT2D eigenvalue weighted by Crippen LogP contribution is 2.27. The Morgan fingerprint density at radius 2 is 1.83 bits per heavy atom. The number of ether oxygens (including phenoxy) is 1. The second-order valence-corrected chi connectivity index (χ2v) is 7.41. The zero-order valence-corrected chi connectivity index (χ0v) is 16.6. The number of carbonyl (C=O) groups is 1. The third-order valence-corrected chi connectivity index (χ3v) is 5.16. The van der Waals surface area contributed by atoms with Gasteiger partial charge < -0.3 is 10.1 Å². The van der Waals surface area contributed by atoms with E-state index >= 15 is 0 Å². The molecule has 1 N–H and O–H groups in total. The number of hydrogen-bond donors (Lipinski definition) is 1. The van der Waals surface area contributed by atoms with Gasteiger partial charge in [0.1, 0.15) is 17.3 Å². The minimum Gasteiger partial charge on any atom is -0.457 e. The quantitative estimate of drug-likeness (QED) is 0.675. The Morgan fingerprint density at radius 1 is 1.07 bits per heavy atom. The third-order valence-electron chi connectivity index (χ3n) is 5.16. The molecular weight excluding hydrogens is 364 g/mol. The largest absolute Gasteiger partial charge is 0.457 e. The van der Waals surface area contributed by atoms with Crippen LogP contribution in [0.4, 0.5) is 5.82 Å². The number of amides is 1. The Kier molecular flexibility index (Phi) is 5.91. The summed E-state index contributed by atoms with van der Waals surface area (Å²) in [5, 5.41) is 7.28. The second kappa shape index (κ2) is 8.92. The fraction of sp³-hybridized carbons (Fsp3) is 0.304. The molecule has 6 nitrogen and oxygen atoms in total. The topological polar surface area (TPSA) is 59.4 Å². The predicted octanol–water partition coefficient (Wildman–Crippen LogP) is 4.47. The molecule has 0 unspecified atom stereocenters. The van der Waals surface area contributed by atoms with Crippen LogP contribution in [-0.2, 0) is 11.3 Å². The molecule has 1 aliphatic rings. The third kappa shape index (κ3) is 5.03. The van der Waals surface area contributed by atoms with Crippen molar-refractivity contribution in [1.29, 1.82) is 0 Å². The molecular formula is C23H26N4O2. The molecule has 2 aromatic carbocycles. The molecule has 29 heavy (non-hydrogen) atoms. The minimum absolute atomic E-state index is 0.0678. The highest BCUT2D eigenvalue weighted by atomic mass is 16.5. The van der Waals surface area contributed by atoms with Gasteiger partial charge in [-0.1, -0.05) is 30.3 Å². The summed E-state index contributed by atoms with van der Waals surface area (Å²) in [6.07, 6.45) is 3.76. The Morgan fingerprint density at radius 3 is 2.59 bits per heavy atom. The highest BCUT2D eigenvalue weighted by molar-refractivity contribution is 5.87. The summed E-state index contributed by atoms with van der Waals surface area (Å²) >= 11 is 0. The van der Waals surface area contributed by atoms with Crippen molar-refractivity contribution in [3.05, 3.63) is 72.4 Å². The van der Waals surface area contributed by atoms with Crippen LogP contribution < -0.4 is 10.1 Å². The number of hydrogen-bond acceptors (Lipinski definition) is 4. The van der Waals surface area contributed by atoms with Crippen molar-refractivity contribution < 1.29 is 9.53 Å². The Bertz CT molecular complexity index is 946. The number of carbonyl (C=O) groups excluding carboxylic acids is 1. The van der Waals surface area contributed by atoms with Crippen molar-refractivity contribution in [3.63, 3.8) is 0 Å². The number of para-hydroxylation sites is 1. The van der Waals surface area contributed by atoms with Crippen LogP contribution in [0.1, 0.15) is 31.4 Å². The van der Waals surface area contributed by atoms with E-state index in [4.69, 9.17) is 4.74 Å². The number of rotatable bonds is 6. The van der Waals surface area contributed by atoms with Crippen LogP contribution in [-0.4, -0.2) is 33.7 Å². The van der Waals surface area contributed by atoms with Gasteiger partial charge in [-0.15, -0.1) is 0 Å². The van der Waals surface area contributed by atoms with E-state index in [9.17, 15) is 4.79 Å². The van der Waals surface area contributed by atoms with Crippen molar-refractivity contribution in [1.82, 2.24) is 14.7 Å². The van der Waals surface area contributed by atoms with Crippen molar-refractivity contribution in [2.24, 2.45) is 0 Å². The second-order valence-electron chi connectivity index (χ2n) is 7.41. The van der Waals surface area contributed by atoms with Gasteiger partial charge >= 0.3 is 0 Å². The predicted molar refractivity (Wildman–Crippen MR) is 113 cm³/mol. The van der Waals surface area contributed by atoms with Crippen molar-refractivity contribution in [3.8, 4) is 11.5 Å². The van der Waals surface area contributed by atoms with Gasteiger partial charge in [-0.2, -0.15) is 5.10 Å². The fourth-order valence-electron chi connectivity index (χ4n) is 3.80. The molecule has 0 spiro atoms. The first-order valence-electron chi connectivity index (χ1n) is 10.0. The lowest BCUT2D eigenvalue weighted by Gasteiger charge is -2.32. The van der Waals surface area contributed by atoms with Gasteiger partial charge in [-0.3, -0.25) is 9.69 Å². The first-order chi connectivity index (χ1) is 14.2. The maximum atomic E-state index is 11.4. The summed E-state index contributed by atoms with van der Waals surface area (Å²) in [4.78, 5) is 13.8. The molecule has 0 aliphatic carbocycles. The van der Waals surface area contributed by atoms with Crippen LogP contribution in [0.25, 0.3) is 0 Å². The minimum atomic E-state index is -0.0678. The van der Waals surface area contributed by atoms with Crippen LogP contribution in [0.5, 0.6) is 11.5 Å². The van der Waals surface area contributed by atoms with Crippen LogP contribution in [0.15, 0.2) is 66.9 Å². The number of aromatic nitrogens is 2. The van der Waals surface area contributed by atoms with Gasteiger partial charge in [-0.05, 0) is 42.7 Å². The van der Waals surface area contributed by atoms with E-state index in [0.29, 0.717) is 6.04 Å². The molecule has 0 atom stereocenters. The molecule has 150 valence electrons. The van der Waals surface area contributed by atoms with Gasteiger partial charge in [0.2, 0.25) is 5.91 Å². The highest BCUT2D eigenvalue weighted by Gasteiger charge is 2.23. The maximum Gasteiger partial charge on any atom is 0.222 e. The lowest BCUT2D eigenvalue weighted by atomic mass is 10.0. The van der Waals surface area contributed by atoms with Gasteiger partial charge in [0.05, 0.1) is 12.2 Å². The van der Waals surface area contributed by atoms with E-state index in [-0.39, 0.29) is 5.91 Å². The summed E-state index contributed by atoms with van der Waals surface area (Å²) in [6.45, 7) is 4.41. The molecule has 2 heterocycles. The average Bonchev–Trinajstić information content (AvgIpc) is 3.17. The van der Waals surface area contributed by atoms with E-state index in [1.807, 2.05) is 53.2 Å². The van der Waals surface area contributed by atoms with Crippen LogP contribution in [0, 0.1) is 0 Å². The summed E-state index contributed by atoms with van der Waals surface area (Å²) in [5.41, 5.74) is 1.25. The number of anilines is 1. The number of nitrogens with zero attached hydrogens (tertiary/aromatic N) is 3. The van der Waals surface area contributed by atoms with Crippen LogP contribution in [0.3, 0.4) is 0 Å². The van der Waals surface area contributed by atoms with E-state index in [1.54, 1.807) is 6.20 Å². The van der Waals surface area contributed by atoms with Crippen molar-refractivity contribution in [2.75, 3.05) is 18.4 Å². The molecule has 1 amide bonds. The molecule has 4 rings (SSSR count). The SMILES string of the molecule is CC(=O)Nc1ccnn1C1CCN(Cc2cccc(Oc3ccccc3)c2)CC1.